The summed E-state index contributed by atoms with van der Waals surface area (Å²) in [7, 11) is 0. The molecule has 3 aliphatic heterocycles. The minimum atomic E-state index is -0.562. The Balaban J connectivity index is 1.19. The molecule has 1 unspecified atom stereocenters. The number of piperidine rings is 1. The van der Waals surface area contributed by atoms with Crippen LogP contribution in [-0.2, 0) is 16.1 Å². The molecular formula is C24H33N3O4S. The third-order valence-electron chi connectivity index (χ3n) is 6.54. The van der Waals surface area contributed by atoms with Gasteiger partial charge in [0.2, 0.25) is 11.8 Å². The second kappa shape index (κ2) is 9.93. The number of aliphatic hydroxyl groups is 1. The molecule has 0 aromatic heterocycles. The highest BCUT2D eigenvalue weighted by Crippen LogP contribution is 2.34. The highest BCUT2D eigenvalue weighted by molar-refractivity contribution is 7.99. The first-order chi connectivity index (χ1) is 15.3. The van der Waals surface area contributed by atoms with E-state index < -0.39 is 11.6 Å². The number of hydrogen-bond donors (Lipinski definition) is 2. The van der Waals surface area contributed by atoms with Crippen LogP contribution in [0.1, 0.15) is 67.8 Å². The molecule has 0 bridgehead atoms. The number of imide groups is 1. The Hall–Kier alpha value is -1.90. The van der Waals surface area contributed by atoms with Crippen LogP contribution in [0.2, 0.25) is 0 Å². The van der Waals surface area contributed by atoms with Gasteiger partial charge in [-0.15, -0.1) is 11.8 Å². The van der Waals surface area contributed by atoms with Crippen LogP contribution in [0.15, 0.2) is 23.1 Å². The first-order valence-electron chi connectivity index (χ1n) is 11.7. The number of likely N-dealkylation sites (tertiary alicyclic amines) is 1. The Kier molecular flexibility index (Phi) is 7.22. The maximum absolute atomic E-state index is 12.9. The van der Waals surface area contributed by atoms with Crippen molar-refractivity contribution in [2.75, 3.05) is 25.4 Å². The van der Waals surface area contributed by atoms with E-state index in [0.29, 0.717) is 18.5 Å². The van der Waals surface area contributed by atoms with E-state index in [4.69, 9.17) is 0 Å². The summed E-state index contributed by atoms with van der Waals surface area (Å²) < 4.78 is 0. The van der Waals surface area contributed by atoms with Crippen molar-refractivity contribution in [2.45, 2.75) is 75.0 Å². The van der Waals surface area contributed by atoms with Crippen molar-refractivity contribution in [2.24, 2.45) is 0 Å². The molecule has 3 amide bonds. The lowest BCUT2D eigenvalue weighted by Gasteiger charge is -2.44. The quantitative estimate of drug-likeness (QED) is 0.318. The highest BCUT2D eigenvalue weighted by Gasteiger charge is 2.39. The van der Waals surface area contributed by atoms with Crippen LogP contribution in [0.25, 0.3) is 0 Å². The molecule has 0 saturated carbocycles. The number of β-amino-alcohol motifs (C(OH)–C–C–N with tert-alkyl or cyclic N) is 1. The number of hydrogen-bond acceptors (Lipinski definition) is 6. The minimum Gasteiger partial charge on any atom is -0.388 e. The number of nitrogens with one attached hydrogen (secondary N) is 1. The fourth-order valence-electron chi connectivity index (χ4n) is 4.92. The Morgan fingerprint density at radius 3 is 2.62 bits per heavy atom. The van der Waals surface area contributed by atoms with Gasteiger partial charge in [-0.2, -0.15) is 0 Å². The first-order valence-corrected chi connectivity index (χ1v) is 12.7. The first kappa shape index (κ1) is 23.3. The Labute approximate surface area is 193 Å². The average molecular weight is 460 g/mol. The number of benzene rings is 1. The maximum Gasteiger partial charge on any atom is 0.255 e. The zero-order chi connectivity index (χ0) is 22.7. The standard InChI is InChI=1S/C24H33N3O4S/c1-24(31)15-26(16-24)12-5-3-2-4-6-13-32-20-9-7-8-17-18(20)14-27(23(17)30)19-10-11-21(28)25-22(19)29/h7-9,19,31H,2-6,10-16H2,1H3,(H,25,28,29). The van der Waals surface area contributed by atoms with Gasteiger partial charge >= 0.3 is 0 Å². The normalized spacial score (nSPS) is 22.6. The molecule has 174 valence electrons. The number of carbonyl (C=O) groups excluding carboxylic acids is 3. The second-order valence-electron chi connectivity index (χ2n) is 9.51. The molecule has 2 fully saturated rings. The van der Waals surface area contributed by atoms with Crippen LogP contribution in [0.3, 0.4) is 0 Å². The molecule has 2 N–H and O–H groups in total. The van der Waals surface area contributed by atoms with Gasteiger partial charge in [-0.25, -0.2) is 0 Å². The van der Waals surface area contributed by atoms with Crippen LogP contribution in [-0.4, -0.2) is 69.7 Å². The molecular weight excluding hydrogens is 426 g/mol. The topological polar surface area (TPSA) is 89.9 Å². The molecule has 4 rings (SSSR count). The molecule has 3 heterocycles. The lowest BCUT2D eigenvalue weighted by molar-refractivity contribution is -0.136. The molecule has 8 heteroatoms. The van der Waals surface area contributed by atoms with Gasteiger partial charge in [0.05, 0.1) is 5.60 Å². The molecule has 7 nitrogen and oxygen atoms in total. The fraction of sp³-hybridized carbons (Fsp3) is 0.625. The SMILES string of the molecule is CC1(O)CN(CCCCCCCSc2cccc3c2CN(C2CCC(=O)NC2=O)C3=O)C1. The zero-order valence-electron chi connectivity index (χ0n) is 18.8. The maximum atomic E-state index is 12.9. The van der Waals surface area contributed by atoms with Gasteiger partial charge in [0.1, 0.15) is 6.04 Å². The Morgan fingerprint density at radius 1 is 1.12 bits per heavy atom. The Bertz CT molecular complexity index is 880. The van der Waals surface area contributed by atoms with Gasteiger partial charge < -0.3 is 10.0 Å². The van der Waals surface area contributed by atoms with Crippen LogP contribution < -0.4 is 5.32 Å². The predicted molar refractivity (Wildman–Crippen MR) is 123 cm³/mol. The fourth-order valence-corrected chi connectivity index (χ4v) is 6.01. The van der Waals surface area contributed by atoms with Crippen molar-refractivity contribution in [1.82, 2.24) is 15.1 Å². The lowest BCUT2D eigenvalue weighted by atomic mass is 9.96. The van der Waals surface area contributed by atoms with Gasteiger partial charge in [-0.05, 0) is 56.2 Å². The number of carbonyl (C=O) groups is 3. The molecule has 0 spiro atoms. The van der Waals surface area contributed by atoms with E-state index in [0.717, 1.165) is 42.3 Å². The molecule has 1 atom stereocenters. The summed E-state index contributed by atoms with van der Waals surface area (Å²) in [6.45, 7) is 5.01. The number of unbranched alkanes of at least 4 members (excludes halogenated alkanes) is 4. The summed E-state index contributed by atoms with van der Waals surface area (Å²) in [4.78, 5) is 41.6. The summed E-state index contributed by atoms with van der Waals surface area (Å²) in [6, 6.07) is 5.26. The average Bonchev–Trinajstić information content (AvgIpc) is 3.06. The van der Waals surface area contributed by atoms with Gasteiger partial charge in [0, 0.05) is 36.5 Å². The molecule has 2 saturated heterocycles. The van der Waals surface area contributed by atoms with Gasteiger partial charge in [-0.1, -0.05) is 25.3 Å². The molecule has 32 heavy (non-hydrogen) atoms. The molecule has 0 radical (unpaired) electrons. The third-order valence-corrected chi connectivity index (χ3v) is 7.73. The summed E-state index contributed by atoms with van der Waals surface area (Å²) in [6.07, 6.45) is 6.63. The summed E-state index contributed by atoms with van der Waals surface area (Å²) >= 11 is 1.79. The van der Waals surface area contributed by atoms with Gasteiger partial charge in [0.15, 0.2) is 0 Å². The minimum absolute atomic E-state index is 0.110. The smallest absolute Gasteiger partial charge is 0.255 e. The number of fused-ring (bicyclic) bond motifs is 1. The number of amides is 3. The van der Waals surface area contributed by atoms with E-state index in [9.17, 15) is 19.5 Å². The van der Waals surface area contributed by atoms with Crippen LogP contribution >= 0.6 is 11.8 Å². The predicted octanol–water partition coefficient (Wildman–Crippen LogP) is 2.56. The molecule has 0 aliphatic carbocycles. The van der Waals surface area contributed by atoms with E-state index in [1.807, 2.05) is 19.1 Å². The van der Waals surface area contributed by atoms with E-state index in [1.54, 1.807) is 16.7 Å². The van der Waals surface area contributed by atoms with Crippen molar-refractivity contribution >= 4 is 29.5 Å². The van der Waals surface area contributed by atoms with E-state index in [1.165, 1.54) is 25.7 Å². The van der Waals surface area contributed by atoms with Crippen molar-refractivity contribution in [1.29, 1.82) is 0 Å². The van der Waals surface area contributed by atoms with Crippen molar-refractivity contribution in [3.8, 4) is 0 Å². The summed E-state index contributed by atoms with van der Waals surface area (Å²) in [5.41, 5.74) is 1.22. The van der Waals surface area contributed by atoms with Crippen LogP contribution in [0.5, 0.6) is 0 Å². The number of thioether (sulfide) groups is 1. The van der Waals surface area contributed by atoms with Crippen molar-refractivity contribution in [3.05, 3.63) is 29.3 Å². The molecule has 3 aliphatic rings. The summed E-state index contributed by atoms with van der Waals surface area (Å²) in [5.74, 6) is 0.273. The number of rotatable bonds is 10. The van der Waals surface area contributed by atoms with Gasteiger partial charge in [0.25, 0.3) is 5.91 Å². The van der Waals surface area contributed by atoms with E-state index in [-0.39, 0.29) is 24.1 Å². The largest absolute Gasteiger partial charge is 0.388 e. The third kappa shape index (κ3) is 5.35. The monoisotopic (exact) mass is 459 g/mol. The van der Waals surface area contributed by atoms with Crippen molar-refractivity contribution < 1.29 is 19.5 Å². The highest BCUT2D eigenvalue weighted by atomic mass is 32.2. The lowest BCUT2D eigenvalue weighted by Crippen LogP contribution is -2.59. The second-order valence-corrected chi connectivity index (χ2v) is 10.6. The van der Waals surface area contributed by atoms with Gasteiger partial charge in [-0.3, -0.25) is 24.6 Å². The van der Waals surface area contributed by atoms with Crippen molar-refractivity contribution in [3.63, 3.8) is 0 Å². The van der Waals surface area contributed by atoms with Crippen LogP contribution in [0, 0.1) is 0 Å². The zero-order valence-corrected chi connectivity index (χ0v) is 19.6. The number of nitrogens with zero attached hydrogens (tertiary/aromatic N) is 2. The Morgan fingerprint density at radius 2 is 1.88 bits per heavy atom. The van der Waals surface area contributed by atoms with E-state index in [2.05, 4.69) is 16.3 Å². The summed E-state index contributed by atoms with van der Waals surface area (Å²) in [5, 5.41) is 12.1. The van der Waals surface area contributed by atoms with E-state index >= 15 is 0 Å². The molecule has 1 aromatic carbocycles. The van der Waals surface area contributed by atoms with Crippen LogP contribution in [0.4, 0.5) is 0 Å². The molecule has 1 aromatic rings.